The van der Waals surface area contributed by atoms with Crippen LogP contribution in [0.3, 0.4) is 0 Å². The van der Waals surface area contributed by atoms with Gasteiger partial charge in [-0.25, -0.2) is 37.0 Å². The highest BCUT2D eigenvalue weighted by Gasteiger charge is 2.45. The molecule has 0 bridgehead atoms. The lowest BCUT2D eigenvalue weighted by atomic mass is 9.75. The average molecular weight is 715 g/mol. The standard InChI is InChI=1S/C37H22N4O4S4/c1-5-37(6-2)25-15-21(17-31-33(27(19-38)40-3)23-11-7-9-13-29(23)48(31,42)43)46-35(25)36-26(37)16-22(47-36)18-32-34(28(20-39)41-4)24-12-8-10-14-30(24)49(32,44)45/h7-18H,5-6H2,1-2H3/b31-17-,32-18-,33-27-,34-28+. The maximum Gasteiger partial charge on any atom is 0.270 e. The van der Waals surface area contributed by atoms with E-state index >= 15 is 0 Å². The van der Waals surface area contributed by atoms with E-state index in [4.69, 9.17) is 13.1 Å². The largest absolute Gasteiger partial charge is 0.270 e. The third kappa shape index (κ3) is 4.40. The van der Waals surface area contributed by atoms with Crippen molar-refractivity contribution in [3.63, 3.8) is 0 Å². The molecule has 0 fully saturated rings. The molecule has 0 saturated carbocycles. The van der Waals surface area contributed by atoms with Crippen molar-refractivity contribution < 1.29 is 16.8 Å². The summed E-state index contributed by atoms with van der Waals surface area (Å²) in [5.74, 6) is 0. The van der Waals surface area contributed by atoms with Gasteiger partial charge in [-0.1, -0.05) is 50.2 Å². The van der Waals surface area contributed by atoms with Crippen LogP contribution in [-0.2, 0) is 25.1 Å². The summed E-state index contributed by atoms with van der Waals surface area (Å²) in [6, 6.07) is 20.5. The highest BCUT2D eigenvalue weighted by Crippen LogP contribution is 2.59. The minimum absolute atomic E-state index is 0.0571. The molecule has 4 heterocycles. The fraction of sp³-hybridized carbons (Fsp3) is 0.135. The Kier molecular flexibility index (Phi) is 7.48. The molecule has 0 atom stereocenters. The van der Waals surface area contributed by atoms with Crippen LogP contribution in [0.5, 0.6) is 0 Å². The summed E-state index contributed by atoms with van der Waals surface area (Å²) in [5, 5.41) is 19.5. The number of nitriles is 2. The van der Waals surface area contributed by atoms with Crippen molar-refractivity contribution in [2.24, 2.45) is 0 Å². The Morgan fingerprint density at radius 1 is 0.735 bits per heavy atom. The van der Waals surface area contributed by atoms with Crippen molar-refractivity contribution >= 4 is 65.6 Å². The summed E-state index contributed by atoms with van der Waals surface area (Å²) in [6.07, 6.45) is 4.55. The van der Waals surface area contributed by atoms with Crippen LogP contribution in [-0.4, -0.2) is 16.8 Å². The van der Waals surface area contributed by atoms with Gasteiger partial charge in [0.1, 0.15) is 0 Å². The SMILES string of the molecule is [C-]#[N+]/C(C#N)=C1\C(=C\c2cc3c(s2)-c2sc(/C=C4/C(=C(\C#N)[N+]#[C-])c5ccccc5S4(=O)=O)cc2C3(CC)CC)S(=O)(=O)c2ccccc21. The van der Waals surface area contributed by atoms with Crippen LogP contribution in [0.1, 0.15) is 58.7 Å². The molecule has 2 aromatic heterocycles. The minimum Gasteiger partial charge on any atom is -0.226 e. The van der Waals surface area contributed by atoms with Crippen LogP contribution in [0.15, 0.2) is 91.7 Å². The smallest absolute Gasteiger partial charge is 0.226 e. The molecule has 3 aliphatic rings. The first-order valence-corrected chi connectivity index (χ1v) is 19.6. The van der Waals surface area contributed by atoms with E-state index < -0.39 is 25.1 Å². The Morgan fingerprint density at radius 3 is 1.47 bits per heavy atom. The Balaban J connectivity index is 1.42. The molecule has 7 rings (SSSR count). The van der Waals surface area contributed by atoms with Crippen molar-refractivity contribution in [1.82, 2.24) is 0 Å². The molecule has 0 N–H and O–H groups in total. The number of fused-ring (bicyclic) bond motifs is 5. The number of allylic oxidation sites excluding steroid dienone is 4. The molecule has 0 saturated heterocycles. The number of rotatable bonds is 4. The molecule has 1 aliphatic carbocycles. The number of sulfone groups is 2. The number of hydrogen-bond donors (Lipinski definition) is 0. The predicted octanol–water partition coefficient (Wildman–Crippen LogP) is 8.86. The van der Waals surface area contributed by atoms with E-state index in [1.807, 2.05) is 24.3 Å². The second-order valence-electron chi connectivity index (χ2n) is 11.5. The summed E-state index contributed by atoms with van der Waals surface area (Å²) < 4.78 is 55.1. The van der Waals surface area contributed by atoms with Crippen molar-refractivity contribution in [1.29, 1.82) is 10.5 Å². The van der Waals surface area contributed by atoms with Gasteiger partial charge in [0.05, 0.1) is 44.9 Å². The van der Waals surface area contributed by atoms with Gasteiger partial charge in [0, 0.05) is 36.1 Å². The highest BCUT2D eigenvalue weighted by atomic mass is 32.2. The maximum atomic E-state index is 13.8. The van der Waals surface area contributed by atoms with Gasteiger partial charge in [-0.3, -0.25) is 0 Å². The molecule has 0 unspecified atom stereocenters. The average Bonchev–Trinajstić information content (AvgIpc) is 3.86. The quantitative estimate of drug-likeness (QED) is 0.154. The van der Waals surface area contributed by atoms with Crippen LogP contribution >= 0.6 is 22.7 Å². The molecular formula is C37H22N4O4S4. The van der Waals surface area contributed by atoms with E-state index in [-0.39, 0.29) is 42.1 Å². The summed E-state index contributed by atoms with van der Waals surface area (Å²) in [4.78, 5) is 9.82. The molecule has 0 radical (unpaired) electrons. The topological polar surface area (TPSA) is 125 Å². The first-order valence-electron chi connectivity index (χ1n) is 15.0. The Hall–Kier alpha value is -5.34. The third-order valence-corrected chi connectivity index (χ3v) is 15.4. The Morgan fingerprint density at radius 2 is 1.12 bits per heavy atom. The fourth-order valence-corrected chi connectivity index (χ4v) is 13.2. The number of nitrogens with zero attached hydrogens (tertiary/aromatic N) is 4. The monoisotopic (exact) mass is 714 g/mol. The fourth-order valence-electron chi connectivity index (χ4n) is 7.07. The molecule has 2 aromatic carbocycles. The predicted molar refractivity (Wildman–Crippen MR) is 190 cm³/mol. The van der Waals surface area contributed by atoms with E-state index in [0.717, 1.165) is 33.7 Å². The Labute approximate surface area is 292 Å². The van der Waals surface area contributed by atoms with Crippen molar-refractivity contribution in [3.8, 4) is 21.9 Å². The van der Waals surface area contributed by atoms with Crippen LogP contribution in [0.4, 0.5) is 0 Å². The first-order chi connectivity index (χ1) is 23.5. The molecular weight excluding hydrogens is 693 g/mol. The van der Waals surface area contributed by atoms with E-state index in [1.165, 1.54) is 34.8 Å². The highest BCUT2D eigenvalue weighted by molar-refractivity contribution is 7.97. The normalized spacial score (nSPS) is 20.7. The number of benzene rings is 2. The third-order valence-electron chi connectivity index (χ3n) is 9.37. The van der Waals surface area contributed by atoms with Crippen molar-refractivity contribution in [2.75, 3.05) is 0 Å². The number of hydrogen-bond acceptors (Lipinski definition) is 8. The van der Waals surface area contributed by atoms with Crippen LogP contribution in [0.2, 0.25) is 0 Å². The summed E-state index contributed by atoms with van der Waals surface area (Å²) in [5.41, 5.74) is 1.92. The first kappa shape index (κ1) is 32.2. The van der Waals surface area contributed by atoms with Crippen molar-refractivity contribution in [3.05, 3.63) is 137 Å². The van der Waals surface area contributed by atoms with Gasteiger partial charge in [0.15, 0.2) is 0 Å². The molecule has 238 valence electrons. The van der Waals surface area contributed by atoms with E-state index in [1.54, 1.807) is 48.6 Å². The van der Waals surface area contributed by atoms with Gasteiger partial charge in [-0.05, 0) is 71.5 Å². The van der Waals surface area contributed by atoms with Crippen LogP contribution in [0, 0.1) is 35.8 Å². The maximum absolute atomic E-state index is 13.8. The van der Waals surface area contributed by atoms with Gasteiger partial charge in [0.2, 0.25) is 19.7 Å². The molecule has 0 spiro atoms. The second kappa shape index (κ2) is 11.4. The molecule has 4 aromatic rings. The zero-order valence-corrected chi connectivity index (χ0v) is 29.2. The van der Waals surface area contributed by atoms with Gasteiger partial charge in [-0.2, -0.15) is 0 Å². The summed E-state index contributed by atoms with van der Waals surface area (Å²) >= 11 is 2.81. The van der Waals surface area contributed by atoms with Crippen molar-refractivity contribution in [2.45, 2.75) is 41.9 Å². The molecule has 12 heteroatoms. The summed E-state index contributed by atoms with van der Waals surface area (Å²) in [7, 11) is -8.01. The van der Waals surface area contributed by atoms with E-state index in [9.17, 15) is 27.4 Å². The van der Waals surface area contributed by atoms with Gasteiger partial charge in [-0.15, -0.1) is 22.7 Å². The number of thiophene rings is 2. The minimum atomic E-state index is -4.01. The zero-order chi connectivity index (χ0) is 34.9. The van der Waals surface area contributed by atoms with Crippen LogP contribution in [0.25, 0.3) is 42.7 Å². The lowest BCUT2D eigenvalue weighted by Crippen LogP contribution is -2.22. The molecule has 2 aliphatic heterocycles. The van der Waals surface area contributed by atoms with Gasteiger partial charge >= 0.3 is 0 Å². The van der Waals surface area contributed by atoms with E-state index in [0.29, 0.717) is 20.9 Å². The molecule has 8 nitrogen and oxygen atoms in total. The van der Waals surface area contributed by atoms with Crippen LogP contribution < -0.4 is 0 Å². The lowest BCUT2D eigenvalue weighted by Gasteiger charge is -2.28. The second-order valence-corrected chi connectivity index (χ2v) is 17.4. The zero-order valence-electron chi connectivity index (χ0n) is 25.9. The van der Waals surface area contributed by atoms with E-state index in [2.05, 4.69) is 23.5 Å². The molecule has 0 amide bonds. The van der Waals surface area contributed by atoms with Gasteiger partial charge < -0.3 is 0 Å². The Bertz CT molecular complexity index is 2490. The molecule has 49 heavy (non-hydrogen) atoms. The van der Waals surface area contributed by atoms with Gasteiger partial charge in [0.25, 0.3) is 11.4 Å². The summed E-state index contributed by atoms with van der Waals surface area (Å²) in [6.45, 7) is 19.3. The lowest BCUT2D eigenvalue weighted by molar-refractivity contribution is 0.492.